The predicted molar refractivity (Wildman–Crippen MR) is 88.3 cm³/mol. The SMILES string of the molecule is CCn1ncc(Br)c1C(NC)c1cc2ccc(F)cc2s1. The third-order valence-electron chi connectivity index (χ3n) is 3.48. The van der Waals surface area contributed by atoms with Gasteiger partial charge in [-0.15, -0.1) is 11.3 Å². The average Bonchev–Trinajstić information content (AvgIpc) is 3.04. The number of nitrogens with zero attached hydrogens (tertiary/aromatic N) is 2. The highest BCUT2D eigenvalue weighted by Crippen LogP contribution is 2.35. The van der Waals surface area contributed by atoms with E-state index in [0.29, 0.717) is 0 Å². The Morgan fingerprint density at radius 2 is 2.24 bits per heavy atom. The van der Waals surface area contributed by atoms with Crippen molar-refractivity contribution in [2.75, 3.05) is 7.05 Å². The molecule has 2 aromatic heterocycles. The minimum Gasteiger partial charge on any atom is -0.307 e. The molecule has 0 amide bonds. The molecule has 3 nitrogen and oxygen atoms in total. The van der Waals surface area contributed by atoms with E-state index in [1.54, 1.807) is 17.4 Å². The molecule has 0 saturated carbocycles. The lowest BCUT2D eigenvalue weighted by atomic mass is 10.1. The van der Waals surface area contributed by atoms with Crippen LogP contribution in [0, 0.1) is 5.82 Å². The van der Waals surface area contributed by atoms with Crippen molar-refractivity contribution in [3.63, 3.8) is 0 Å². The molecule has 3 rings (SSSR count). The van der Waals surface area contributed by atoms with Gasteiger partial charge in [0.25, 0.3) is 0 Å². The Bertz CT molecular complexity index is 780. The van der Waals surface area contributed by atoms with E-state index in [9.17, 15) is 4.39 Å². The van der Waals surface area contributed by atoms with E-state index in [2.05, 4.69) is 39.3 Å². The van der Waals surface area contributed by atoms with Gasteiger partial charge in [0.2, 0.25) is 0 Å². The summed E-state index contributed by atoms with van der Waals surface area (Å²) < 4.78 is 17.3. The number of hydrogen-bond acceptors (Lipinski definition) is 3. The zero-order chi connectivity index (χ0) is 15.0. The summed E-state index contributed by atoms with van der Waals surface area (Å²) in [6, 6.07) is 7.05. The van der Waals surface area contributed by atoms with Gasteiger partial charge < -0.3 is 5.32 Å². The maximum absolute atomic E-state index is 13.4. The lowest BCUT2D eigenvalue weighted by Crippen LogP contribution is -2.20. The summed E-state index contributed by atoms with van der Waals surface area (Å²) >= 11 is 5.18. The second-order valence-electron chi connectivity index (χ2n) is 4.75. The van der Waals surface area contributed by atoms with Crippen LogP contribution in [0.15, 0.2) is 34.9 Å². The van der Waals surface area contributed by atoms with Crippen molar-refractivity contribution in [3.05, 3.63) is 51.3 Å². The molecule has 2 heterocycles. The molecule has 0 aliphatic heterocycles. The first kappa shape index (κ1) is 14.7. The van der Waals surface area contributed by atoms with Gasteiger partial charge in [0.05, 0.1) is 22.4 Å². The van der Waals surface area contributed by atoms with E-state index in [0.717, 1.165) is 31.7 Å². The summed E-state index contributed by atoms with van der Waals surface area (Å²) in [6.07, 6.45) is 1.82. The summed E-state index contributed by atoms with van der Waals surface area (Å²) in [4.78, 5) is 1.15. The number of aromatic nitrogens is 2. The van der Waals surface area contributed by atoms with Crippen LogP contribution in [0.1, 0.15) is 23.5 Å². The summed E-state index contributed by atoms with van der Waals surface area (Å²) in [6.45, 7) is 2.87. The standard InChI is InChI=1S/C15H15BrFN3S/c1-3-20-15(11(16)8-19-20)14(18-2)13-6-9-4-5-10(17)7-12(9)21-13/h4-8,14,18H,3H2,1-2H3. The Labute approximate surface area is 134 Å². The first-order valence-electron chi connectivity index (χ1n) is 6.71. The Balaban J connectivity index is 2.11. The fourth-order valence-electron chi connectivity index (χ4n) is 2.49. The predicted octanol–water partition coefficient (Wildman–Crippen LogP) is 4.33. The molecule has 0 radical (unpaired) electrons. The first-order valence-corrected chi connectivity index (χ1v) is 8.32. The number of hydrogen-bond donors (Lipinski definition) is 1. The lowest BCUT2D eigenvalue weighted by Gasteiger charge is -2.16. The molecule has 6 heteroatoms. The second kappa shape index (κ2) is 5.87. The Morgan fingerprint density at radius 3 is 2.95 bits per heavy atom. The zero-order valence-electron chi connectivity index (χ0n) is 11.7. The monoisotopic (exact) mass is 367 g/mol. The van der Waals surface area contributed by atoms with E-state index in [1.807, 2.05) is 24.0 Å². The number of halogens is 2. The average molecular weight is 368 g/mol. The molecule has 1 atom stereocenters. The van der Waals surface area contributed by atoms with Crippen LogP contribution in [-0.4, -0.2) is 16.8 Å². The molecule has 0 aliphatic carbocycles. The van der Waals surface area contributed by atoms with Crippen LogP contribution in [-0.2, 0) is 6.54 Å². The van der Waals surface area contributed by atoms with Crippen LogP contribution in [0.5, 0.6) is 0 Å². The van der Waals surface area contributed by atoms with Crippen LogP contribution in [0.2, 0.25) is 0 Å². The molecule has 110 valence electrons. The fraction of sp³-hybridized carbons (Fsp3) is 0.267. The van der Waals surface area contributed by atoms with E-state index in [4.69, 9.17) is 0 Å². The van der Waals surface area contributed by atoms with Crippen molar-refractivity contribution in [2.24, 2.45) is 0 Å². The van der Waals surface area contributed by atoms with Gasteiger partial charge in [-0.25, -0.2) is 4.39 Å². The highest BCUT2D eigenvalue weighted by atomic mass is 79.9. The molecule has 21 heavy (non-hydrogen) atoms. The number of aryl methyl sites for hydroxylation is 1. The number of thiophene rings is 1. The molecule has 0 spiro atoms. The molecule has 0 bridgehead atoms. The van der Waals surface area contributed by atoms with Crippen LogP contribution < -0.4 is 5.32 Å². The van der Waals surface area contributed by atoms with Crippen LogP contribution in [0.25, 0.3) is 10.1 Å². The van der Waals surface area contributed by atoms with Gasteiger partial charge in [-0.2, -0.15) is 5.10 Å². The highest BCUT2D eigenvalue weighted by Gasteiger charge is 2.22. The highest BCUT2D eigenvalue weighted by molar-refractivity contribution is 9.10. The van der Waals surface area contributed by atoms with E-state index in [1.165, 1.54) is 6.07 Å². The molecular formula is C15H15BrFN3S. The summed E-state index contributed by atoms with van der Waals surface area (Å²) in [5.74, 6) is -0.198. The van der Waals surface area contributed by atoms with Gasteiger partial charge >= 0.3 is 0 Å². The van der Waals surface area contributed by atoms with Crippen molar-refractivity contribution in [1.82, 2.24) is 15.1 Å². The van der Waals surface area contributed by atoms with Crippen LogP contribution in [0.3, 0.4) is 0 Å². The van der Waals surface area contributed by atoms with Crippen molar-refractivity contribution < 1.29 is 4.39 Å². The van der Waals surface area contributed by atoms with Gasteiger partial charge in [-0.1, -0.05) is 6.07 Å². The molecule has 0 saturated heterocycles. The van der Waals surface area contributed by atoms with Gasteiger partial charge in [0.15, 0.2) is 0 Å². The third kappa shape index (κ3) is 2.63. The molecule has 3 aromatic rings. The van der Waals surface area contributed by atoms with Crippen molar-refractivity contribution in [2.45, 2.75) is 19.5 Å². The first-order chi connectivity index (χ1) is 10.1. The minimum atomic E-state index is -0.198. The topological polar surface area (TPSA) is 29.9 Å². The van der Waals surface area contributed by atoms with Gasteiger partial charge in [-0.05, 0) is 53.5 Å². The zero-order valence-corrected chi connectivity index (χ0v) is 14.1. The van der Waals surface area contributed by atoms with E-state index >= 15 is 0 Å². The van der Waals surface area contributed by atoms with Crippen molar-refractivity contribution in [3.8, 4) is 0 Å². The molecule has 1 aromatic carbocycles. The maximum atomic E-state index is 13.4. The number of rotatable bonds is 4. The molecule has 1 N–H and O–H groups in total. The van der Waals surface area contributed by atoms with Crippen LogP contribution in [0.4, 0.5) is 4.39 Å². The lowest BCUT2D eigenvalue weighted by molar-refractivity contribution is 0.566. The summed E-state index contributed by atoms with van der Waals surface area (Å²) in [5.41, 5.74) is 1.09. The maximum Gasteiger partial charge on any atom is 0.124 e. The Morgan fingerprint density at radius 1 is 1.43 bits per heavy atom. The number of nitrogens with one attached hydrogen (secondary N) is 1. The molecule has 0 aliphatic rings. The number of fused-ring (bicyclic) bond motifs is 1. The Kier molecular flexibility index (Phi) is 4.10. The molecular weight excluding hydrogens is 353 g/mol. The normalized spacial score (nSPS) is 13.0. The number of benzene rings is 1. The largest absolute Gasteiger partial charge is 0.307 e. The molecule has 1 unspecified atom stereocenters. The minimum absolute atomic E-state index is 0.0299. The van der Waals surface area contributed by atoms with Crippen LogP contribution >= 0.6 is 27.3 Å². The third-order valence-corrected chi connectivity index (χ3v) is 5.25. The fourth-order valence-corrected chi connectivity index (χ4v) is 4.22. The summed E-state index contributed by atoms with van der Waals surface area (Å²) in [5, 5.41) is 8.77. The Hall–Kier alpha value is -1.24. The van der Waals surface area contributed by atoms with E-state index < -0.39 is 0 Å². The second-order valence-corrected chi connectivity index (χ2v) is 6.72. The van der Waals surface area contributed by atoms with Crippen molar-refractivity contribution >= 4 is 37.4 Å². The summed E-state index contributed by atoms with van der Waals surface area (Å²) in [7, 11) is 1.93. The molecule has 0 fully saturated rings. The smallest absolute Gasteiger partial charge is 0.124 e. The quantitative estimate of drug-likeness (QED) is 0.743. The van der Waals surface area contributed by atoms with Gasteiger partial charge in [-0.3, -0.25) is 4.68 Å². The van der Waals surface area contributed by atoms with Gasteiger partial charge in [0.1, 0.15) is 5.82 Å². The van der Waals surface area contributed by atoms with E-state index in [-0.39, 0.29) is 11.9 Å². The van der Waals surface area contributed by atoms with Gasteiger partial charge in [0, 0.05) is 16.1 Å². The van der Waals surface area contributed by atoms with Crippen molar-refractivity contribution in [1.29, 1.82) is 0 Å².